The number of nitrogens with one attached hydrogen (secondary N) is 1. The highest BCUT2D eigenvalue weighted by atomic mass is 35.5. The number of aryl methyl sites for hydroxylation is 1. The van der Waals surface area contributed by atoms with E-state index in [1.165, 1.54) is 4.90 Å². The van der Waals surface area contributed by atoms with Gasteiger partial charge in [0.2, 0.25) is 5.91 Å². The second kappa shape index (κ2) is 11.4. The number of amides is 2. The molecule has 2 aromatic rings. The Morgan fingerprint density at radius 1 is 1.10 bits per heavy atom. The number of hydrogen-bond acceptors (Lipinski definition) is 3. The van der Waals surface area contributed by atoms with Crippen LogP contribution < -0.4 is 10.1 Å². The Labute approximate surface area is 192 Å². The molecule has 2 aromatic carbocycles. The zero-order valence-electron chi connectivity index (χ0n) is 17.2. The van der Waals surface area contributed by atoms with Crippen molar-refractivity contribution in [2.45, 2.75) is 39.8 Å². The van der Waals surface area contributed by atoms with Gasteiger partial charge in [-0.05, 0) is 61.7 Å². The summed E-state index contributed by atoms with van der Waals surface area (Å²) in [5, 5.41) is 4.37. The van der Waals surface area contributed by atoms with Gasteiger partial charge in [0, 0.05) is 28.2 Å². The largest absolute Gasteiger partial charge is 0.484 e. The quantitative estimate of drug-likeness (QED) is 0.541. The average molecular weight is 472 g/mol. The highest BCUT2D eigenvalue weighted by Gasteiger charge is 2.27. The molecule has 0 aliphatic rings. The summed E-state index contributed by atoms with van der Waals surface area (Å²) >= 11 is 18.3. The Balaban J connectivity index is 2.18. The third-order valence-corrected chi connectivity index (χ3v) is 5.58. The number of rotatable bonds is 9. The Morgan fingerprint density at radius 3 is 2.47 bits per heavy atom. The SMILES string of the molecule is CCCNC(=O)C(C)N(Cc1ccc(Cl)cc1Cl)C(=O)COc1ccc(Cl)c(C)c1. The second-order valence-corrected chi connectivity index (χ2v) is 8.17. The van der Waals surface area contributed by atoms with Crippen LogP contribution in [0.3, 0.4) is 0 Å². The zero-order chi connectivity index (χ0) is 22.3. The zero-order valence-corrected chi connectivity index (χ0v) is 19.4. The molecular formula is C22H25Cl3N2O3. The van der Waals surface area contributed by atoms with E-state index in [1.54, 1.807) is 43.3 Å². The summed E-state index contributed by atoms with van der Waals surface area (Å²) in [6.07, 6.45) is 0.800. The van der Waals surface area contributed by atoms with Crippen molar-refractivity contribution in [3.63, 3.8) is 0 Å². The number of halogens is 3. The van der Waals surface area contributed by atoms with Gasteiger partial charge in [-0.1, -0.05) is 47.8 Å². The van der Waals surface area contributed by atoms with Gasteiger partial charge in [0.25, 0.3) is 5.91 Å². The van der Waals surface area contributed by atoms with Crippen LogP contribution in [-0.4, -0.2) is 35.9 Å². The van der Waals surface area contributed by atoms with Crippen molar-refractivity contribution in [2.24, 2.45) is 0 Å². The number of carbonyl (C=O) groups excluding carboxylic acids is 2. The first-order chi connectivity index (χ1) is 14.2. The predicted molar refractivity (Wildman–Crippen MR) is 121 cm³/mol. The summed E-state index contributed by atoms with van der Waals surface area (Å²) in [4.78, 5) is 27.0. The number of carbonyl (C=O) groups is 2. The maximum atomic E-state index is 13.0. The highest BCUT2D eigenvalue weighted by molar-refractivity contribution is 6.35. The maximum Gasteiger partial charge on any atom is 0.261 e. The normalized spacial score (nSPS) is 11.7. The molecule has 0 radical (unpaired) electrons. The van der Waals surface area contributed by atoms with Crippen LogP contribution in [0.15, 0.2) is 36.4 Å². The van der Waals surface area contributed by atoms with Crippen LogP contribution in [-0.2, 0) is 16.1 Å². The first-order valence-electron chi connectivity index (χ1n) is 9.63. The van der Waals surface area contributed by atoms with Gasteiger partial charge in [0.1, 0.15) is 11.8 Å². The fourth-order valence-corrected chi connectivity index (χ4v) is 3.33. The summed E-state index contributed by atoms with van der Waals surface area (Å²) in [5.41, 5.74) is 1.53. The van der Waals surface area contributed by atoms with Gasteiger partial charge in [0.05, 0.1) is 0 Å². The molecule has 0 heterocycles. The third-order valence-electron chi connectivity index (χ3n) is 4.56. The molecule has 1 unspecified atom stereocenters. The second-order valence-electron chi connectivity index (χ2n) is 6.92. The molecule has 2 rings (SSSR count). The van der Waals surface area contributed by atoms with E-state index in [0.717, 1.165) is 12.0 Å². The van der Waals surface area contributed by atoms with Gasteiger partial charge in [0.15, 0.2) is 6.61 Å². The van der Waals surface area contributed by atoms with Crippen molar-refractivity contribution >= 4 is 46.6 Å². The molecule has 0 saturated heterocycles. The molecule has 0 bridgehead atoms. The third kappa shape index (κ3) is 6.79. The number of hydrogen-bond donors (Lipinski definition) is 1. The van der Waals surface area contributed by atoms with E-state index in [-0.39, 0.29) is 25.0 Å². The first kappa shape index (κ1) is 24.3. The van der Waals surface area contributed by atoms with E-state index >= 15 is 0 Å². The summed E-state index contributed by atoms with van der Waals surface area (Å²) in [6, 6.07) is 9.50. The molecule has 8 heteroatoms. The molecule has 0 aliphatic heterocycles. The van der Waals surface area contributed by atoms with Crippen LogP contribution in [0.2, 0.25) is 15.1 Å². The van der Waals surface area contributed by atoms with Crippen LogP contribution in [0.5, 0.6) is 5.75 Å². The van der Waals surface area contributed by atoms with Crippen LogP contribution in [0.25, 0.3) is 0 Å². The minimum Gasteiger partial charge on any atom is -0.484 e. The molecule has 162 valence electrons. The molecule has 0 aliphatic carbocycles. The van der Waals surface area contributed by atoms with Crippen molar-refractivity contribution in [3.8, 4) is 5.75 Å². The Morgan fingerprint density at radius 2 is 1.83 bits per heavy atom. The summed E-state index contributed by atoms with van der Waals surface area (Å²) in [5.74, 6) is -0.0526. The Bertz CT molecular complexity index is 905. The van der Waals surface area contributed by atoms with Crippen LogP contribution >= 0.6 is 34.8 Å². The summed E-state index contributed by atoms with van der Waals surface area (Å²) < 4.78 is 5.65. The molecule has 5 nitrogen and oxygen atoms in total. The van der Waals surface area contributed by atoms with Gasteiger partial charge >= 0.3 is 0 Å². The number of benzene rings is 2. The van der Waals surface area contributed by atoms with Crippen molar-refractivity contribution in [2.75, 3.05) is 13.2 Å². The molecule has 0 aromatic heterocycles. The maximum absolute atomic E-state index is 13.0. The molecule has 0 fully saturated rings. The molecular weight excluding hydrogens is 447 g/mol. The smallest absolute Gasteiger partial charge is 0.261 e. The van der Waals surface area contributed by atoms with Crippen molar-refractivity contribution < 1.29 is 14.3 Å². The molecule has 2 amide bonds. The topological polar surface area (TPSA) is 58.6 Å². The standard InChI is InChI=1S/C22H25Cl3N2O3/c1-4-9-26-22(29)15(3)27(12-16-5-6-17(23)11-20(16)25)21(28)13-30-18-7-8-19(24)14(2)10-18/h5-8,10-11,15H,4,9,12-13H2,1-3H3,(H,26,29). The van der Waals surface area contributed by atoms with Gasteiger partial charge in [-0.2, -0.15) is 0 Å². The van der Waals surface area contributed by atoms with E-state index in [9.17, 15) is 9.59 Å². The van der Waals surface area contributed by atoms with E-state index in [0.29, 0.717) is 32.9 Å². The summed E-state index contributed by atoms with van der Waals surface area (Å²) in [7, 11) is 0. The molecule has 0 spiro atoms. The summed E-state index contributed by atoms with van der Waals surface area (Å²) in [6.45, 7) is 5.96. The van der Waals surface area contributed by atoms with E-state index in [2.05, 4.69) is 5.32 Å². The lowest BCUT2D eigenvalue weighted by molar-refractivity contribution is -0.142. The lowest BCUT2D eigenvalue weighted by atomic mass is 10.1. The lowest BCUT2D eigenvalue weighted by Gasteiger charge is -2.29. The Kier molecular flexibility index (Phi) is 9.28. The predicted octanol–water partition coefficient (Wildman–Crippen LogP) is 5.28. The first-order valence-corrected chi connectivity index (χ1v) is 10.8. The highest BCUT2D eigenvalue weighted by Crippen LogP contribution is 2.24. The molecule has 1 N–H and O–H groups in total. The van der Waals surface area contributed by atoms with E-state index in [1.807, 2.05) is 13.8 Å². The number of nitrogens with zero attached hydrogens (tertiary/aromatic N) is 1. The fourth-order valence-electron chi connectivity index (χ4n) is 2.75. The molecule has 30 heavy (non-hydrogen) atoms. The van der Waals surface area contributed by atoms with Gasteiger partial charge in [-0.25, -0.2) is 0 Å². The number of ether oxygens (including phenoxy) is 1. The van der Waals surface area contributed by atoms with Crippen LogP contribution in [0, 0.1) is 6.92 Å². The van der Waals surface area contributed by atoms with Crippen LogP contribution in [0.1, 0.15) is 31.4 Å². The van der Waals surface area contributed by atoms with Gasteiger partial charge in [-0.15, -0.1) is 0 Å². The van der Waals surface area contributed by atoms with Gasteiger partial charge < -0.3 is 15.0 Å². The average Bonchev–Trinajstić information content (AvgIpc) is 2.71. The van der Waals surface area contributed by atoms with Crippen molar-refractivity contribution in [1.29, 1.82) is 0 Å². The van der Waals surface area contributed by atoms with Crippen LogP contribution in [0.4, 0.5) is 0 Å². The van der Waals surface area contributed by atoms with Crippen molar-refractivity contribution in [3.05, 3.63) is 62.6 Å². The molecule has 0 saturated carbocycles. The monoisotopic (exact) mass is 470 g/mol. The minimum atomic E-state index is -0.702. The fraction of sp³-hybridized carbons (Fsp3) is 0.364. The van der Waals surface area contributed by atoms with E-state index in [4.69, 9.17) is 39.5 Å². The minimum absolute atomic E-state index is 0.151. The molecule has 1 atom stereocenters. The Hall–Kier alpha value is -1.95. The van der Waals surface area contributed by atoms with E-state index < -0.39 is 6.04 Å². The van der Waals surface area contributed by atoms with Gasteiger partial charge in [-0.3, -0.25) is 9.59 Å². The lowest BCUT2D eigenvalue weighted by Crippen LogP contribution is -2.49. The van der Waals surface area contributed by atoms with Crippen molar-refractivity contribution in [1.82, 2.24) is 10.2 Å².